The van der Waals surface area contributed by atoms with Crippen LogP contribution in [0.25, 0.3) is 0 Å². The van der Waals surface area contributed by atoms with Gasteiger partial charge in [-0.05, 0) is 24.9 Å². The van der Waals surface area contributed by atoms with Crippen LogP contribution in [0.5, 0.6) is 0 Å². The van der Waals surface area contributed by atoms with Gasteiger partial charge < -0.3 is 9.47 Å². The molecule has 0 radical (unpaired) electrons. The zero-order valence-electron chi connectivity index (χ0n) is 20.1. The van der Waals surface area contributed by atoms with Crippen LogP contribution in [0.3, 0.4) is 0 Å². The molecule has 1 aliphatic heterocycles. The maximum absolute atomic E-state index is 11.4. The average molecular weight is 462 g/mol. The van der Waals surface area contributed by atoms with Crippen LogP contribution in [0.15, 0.2) is 17.2 Å². The van der Waals surface area contributed by atoms with Gasteiger partial charge in [0.1, 0.15) is 0 Å². The Kier molecular flexibility index (Phi) is 10.4. The first-order valence-electron chi connectivity index (χ1n) is 10.3. The van der Waals surface area contributed by atoms with E-state index in [0.29, 0.717) is 24.8 Å². The highest BCUT2D eigenvalue weighted by Gasteiger charge is 2.33. The Bertz CT molecular complexity index is 689. The third kappa shape index (κ3) is 11.1. The van der Waals surface area contributed by atoms with Gasteiger partial charge in [0.15, 0.2) is 0 Å². The van der Waals surface area contributed by atoms with Crippen molar-refractivity contribution in [2.45, 2.75) is 61.4 Å². The molecule has 2 rings (SSSR count). The first-order valence-corrected chi connectivity index (χ1v) is 11.8. The summed E-state index contributed by atoms with van der Waals surface area (Å²) in [5.74, 6) is 2.21. The van der Waals surface area contributed by atoms with E-state index in [9.17, 15) is 4.79 Å². The molecule has 1 aromatic rings. The highest BCUT2D eigenvalue weighted by Crippen LogP contribution is 2.38. The lowest BCUT2D eigenvalue weighted by molar-refractivity contribution is -0.230. The highest BCUT2D eigenvalue weighted by molar-refractivity contribution is 8.00. The lowest BCUT2D eigenvalue weighted by Crippen LogP contribution is -2.40. The van der Waals surface area contributed by atoms with E-state index in [4.69, 9.17) is 21.1 Å². The van der Waals surface area contributed by atoms with Crippen molar-refractivity contribution in [3.05, 3.63) is 27.9 Å². The zero-order valence-corrected chi connectivity index (χ0v) is 21.7. The molecule has 0 aliphatic carbocycles. The van der Waals surface area contributed by atoms with Crippen LogP contribution in [-0.2, 0) is 16.0 Å². The predicted octanol–water partition coefficient (Wildman–Crippen LogP) is 4.61. The number of aromatic nitrogens is 2. The van der Waals surface area contributed by atoms with Crippen molar-refractivity contribution in [3.8, 4) is 0 Å². The Morgan fingerprint density at radius 1 is 1.17 bits per heavy atom. The molecule has 1 fully saturated rings. The summed E-state index contributed by atoms with van der Waals surface area (Å²) in [6.07, 6.45) is 2.79. The molecule has 174 valence electrons. The van der Waals surface area contributed by atoms with E-state index < -0.39 is 0 Å². The van der Waals surface area contributed by atoms with Crippen LogP contribution in [0.1, 0.15) is 48.5 Å². The van der Waals surface area contributed by atoms with E-state index in [1.165, 1.54) is 6.20 Å². The number of hydrogen-bond donors (Lipinski definition) is 0. The molecule has 8 heteroatoms. The van der Waals surface area contributed by atoms with Crippen molar-refractivity contribution in [2.75, 3.05) is 38.8 Å². The standard InChI is InChI=1S/C13H29NO2.C9H11ClN2OS/c1-12(2,3)9-15-11(14(7)8)16-10-13(4,5)6;1-9(5-14-6-9)4-12-3-7(10)2-11-8(12)13/h11H,9-10H2,1-8H3;2-3H,4-6H2,1H3. The summed E-state index contributed by atoms with van der Waals surface area (Å²) < 4.78 is 13.1. The predicted molar refractivity (Wildman–Crippen MR) is 127 cm³/mol. The average Bonchev–Trinajstić information content (AvgIpc) is 2.55. The molecular formula is C22H40ClN3O3S. The van der Waals surface area contributed by atoms with Gasteiger partial charge in [0.2, 0.25) is 6.41 Å². The van der Waals surface area contributed by atoms with Gasteiger partial charge in [-0.3, -0.25) is 9.47 Å². The Morgan fingerprint density at radius 3 is 2.03 bits per heavy atom. The molecule has 0 amide bonds. The Labute approximate surface area is 191 Å². The molecule has 0 aromatic carbocycles. The molecule has 30 heavy (non-hydrogen) atoms. The van der Waals surface area contributed by atoms with Gasteiger partial charge in [-0.25, -0.2) is 9.78 Å². The SMILES string of the molecule is CC1(Cn2cc(Cl)cnc2=O)CSC1.CN(C)C(OCC(C)(C)C)OCC(C)(C)C. The van der Waals surface area contributed by atoms with Crippen molar-refractivity contribution >= 4 is 23.4 Å². The molecule has 1 aromatic heterocycles. The molecule has 0 unspecified atom stereocenters. The van der Waals surface area contributed by atoms with Gasteiger partial charge in [-0.2, -0.15) is 11.8 Å². The van der Waals surface area contributed by atoms with E-state index in [0.717, 1.165) is 11.5 Å². The van der Waals surface area contributed by atoms with E-state index >= 15 is 0 Å². The van der Waals surface area contributed by atoms with Crippen molar-refractivity contribution < 1.29 is 9.47 Å². The highest BCUT2D eigenvalue weighted by atomic mass is 35.5. The molecule has 1 aliphatic rings. The number of nitrogens with zero attached hydrogens (tertiary/aromatic N) is 3. The minimum atomic E-state index is -0.251. The molecule has 6 nitrogen and oxygen atoms in total. The van der Waals surface area contributed by atoms with Crippen molar-refractivity contribution in [1.29, 1.82) is 0 Å². The minimum Gasteiger partial charge on any atom is -0.339 e. The third-order valence-corrected chi connectivity index (χ3v) is 6.01. The summed E-state index contributed by atoms with van der Waals surface area (Å²) in [5, 5.41) is 0.514. The van der Waals surface area contributed by atoms with Gasteiger partial charge >= 0.3 is 5.69 Å². The fraction of sp³-hybridized carbons (Fsp3) is 0.818. The topological polar surface area (TPSA) is 56.6 Å². The summed E-state index contributed by atoms with van der Waals surface area (Å²) in [5.41, 5.74) is 0.354. The second-order valence-electron chi connectivity index (χ2n) is 11.0. The van der Waals surface area contributed by atoms with Crippen molar-refractivity contribution in [2.24, 2.45) is 16.2 Å². The van der Waals surface area contributed by atoms with Gasteiger partial charge in [-0.1, -0.05) is 60.1 Å². The molecule has 0 bridgehead atoms. The normalized spacial score (nSPS) is 16.3. The summed E-state index contributed by atoms with van der Waals surface area (Å²) in [4.78, 5) is 17.0. The van der Waals surface area contributed by atoms with Crippen LogP contribution in [-0.4, -0.2) is 59.7 Å². The molecule has 0 spiro atoms. The first-order chi connectivity index (χ1) is 13.6. The molecule has 0 atom stereocenters. The van der Waals surface area contributed by atoms with Crippen LogP contribution < -0.4 is 5.69 Å². The van der Waals surface area contributed by atoms with Crippen LogP contribution >= 0.6 is 23.4 Å². The van der Waals surface area contributed by atoms with E-state index in [1.807, 2.05) is 30.8 Å². The molecule has 2 heterocycles. The smallest absolute Gasteiger partial charge is 0.339 e. The lowest BCUT2D eigenvalue weighted by Gasteiger charge is -2.37. The number of halogens is 1. The Hall–Kier alpha value is -0.600. The quantitative estimate of drug-likeness (QED) is 0.553. The summed E-state index contributed by atoms with van der Waals surface area (Å²) >= 11 is 7.68. The fourth-order valence-electron chi connectivity index (χ4n) is 2.48. The van der Waals surface area contributed by atoms with Crippen molar-refractivity contribution in [1.82, 2.24) is 14.5 Å². The fourth-order valence-corrected chi connectivity index (χ4v) is 3.73. The largest absolute Gasteiger partial charge is 0.347 e. The van der Waals surface area contributed by atoms with Crippen LogP contribution in [0, 0.1) is 16.2 Å². The first kappa shape index (κ1) is 27.4. The second-order valence-corrected chi connectivity index (χ2v) is 12.4. The third-order valence-electron chi connectivity index (χ3n) is 4.02. The van der Waals surface area contributed by atoms with Crippen LogP contribution in [0.2, 0.25) is 5.02 Å². The van der Waals surface area contributed by atoms with Crippen LogP contribution in [0.4, 0.5) is 0 Å². The maximum atomic E-state index is 11.4. The second kappa shape index (κ2) is 11.3. The summed E-state index contributed by atoms with van der Waals surface area (Å²) in [6, 6.07) is 0. The van der Waals surface area contributed by atoms with Gasteiger partial charge in [-0.15, -0.1) is 0 Å². The van der Waals surface area contributed by atoms with Gasteiger partial charge in [0.05, 0.1) is 24.4 Å². The Balaban J connectivity index is 0.000000301. The van der Waals surface area contributed by atoms with Crippen molar-refractivity contribution in [3.63, 3.8) is 0 Å². The number of rotatable bonds is 7. The molecule has 0 N–H and O–H groups in total. The van der Waals surface area contributed by atoms with Gasteiger partial charge in [0, 0.05) is 29.7 Å². The Morgan fingerprint density at radius 2 is 1.67 bits per heavy atom. The monoisotopic (exact) mass is 461 g/mol. The maximum Gasteiger partial charge on any atom is 0.347 e. The molecule has 1 saturated heterocycles. The number of hydrogen-bond acceptors (Lipinski definition) is 6. The summed E-state index contributed by atoms with van der Waals surface area (Å²) in [6.45, 7) is 17.2. The molecular weight excluding hydrogens is 422 g/mol. The lowest BCUT2D eigenvalue weighted by atomic mass is 9.95. The minimum absolute atomic E-state index is 0.166. The van der Waals surface area contributed by atoms with Gasteiger partial charge in [0.25, 0.3) is 0 Å². The zero-order chi connectivity index (χ0) is 23.2. The van der Waals surface area contributed by atoms with E-state index in [2.05, 4.69) is 53.5 Å². The van der Waals surface area contributed by atoms with E-state index in [-0.39, 0.29) is 28.3 Å². The van der Waals surface area contributed by atoms with E-state index in [1.54, 1.807) is 10.8 Å². The number of thioether (sulfide) groups is 1. The number of ether oxygens (including phenoxy) is 2. The molecule has 0 saturated carbocycles. The summed E-state index contributed by atoms with van der Waals surface area (Å²) in [7, 11) is 3.94.